The molecule has 0 radical (unpaired) electrons. The Morgan fingerprint density at radius 3 is 2.46 bits per heavy atom. The van der Waals surface area contributed by atoms with Crippen LogP contribution in [0, 0.1) is 0 Å². The summed E-state index contributed by atoms with van der Waals surface area (Å²) in [5, 5.41) is 3.57. The van der Waals surface area contributed by atoms with Crippen molar-refractivity contribution in [3.05, 3.63) is 11.6 Å². The number of hydrogen-bond donors (Lipinski definition) is 1. The number of aryl methyl sites for hydroxylation is 1. The van der Waals surface area contributed by atoms with E-state index in [4.69, 9.17) is 5.73 Å². The number of aromatic nitrogens is 3. The summed E-state index contributed by atoms with van der Waals surface area (Å²) in [4.78, 5) is 3.32. The van der Waals surface area contributed by atoms with E-state index in [9.17, 15) is 13.2 Å². The molecule has 7 heteroatoms. The maximum atomic E-state index is 12.1. The molecule has 0 unspecified atom stereocenters. The zero-order chi connectivity index (χ0) is 10.1. The molecule has 1 heterocycles. The third-order valence-electron chi connectivity index (χ3n) is 1.43. The number of nitrogens with two attached hydrogens (primary N) is 1. The first-order valence-corrected chi connectivity index (χ1v) is 3.62. The molecule has 0 spiro atoms. The van der Waals surface area contributed by atoms with Crippen molar-refractivity contribution in [1.82, 2.24) is 14.8 Å². The second-order valence-electron chi connectivity index (χ2n) is 2.51. The minimum absolute atomic E-state index is 0.123. The van der Waals surface area contributed by atoms with Gasteiger partial charge in [-0.2, -0.15) is 18.3 Å². The maximum Gasteiger partial charge on any atom is 0.451 e. The molecule has 0 aliphatic heterocycles. The average molecular weight is 194 g/mol. The van der Waals surface area contributed by atoms with E-state index in [1.807, 2.05) is 0 Å². The van der Waals surface area contributed by atoms with Crippen LogP contribution in [0.1, 0.15) is 11.6 Å². The molecule has 13 heavy (non-hydrogen) atoms. The van der Waals surface area contributed by atoms with Gasteiger partial charge in [-0.3, -0.25) is 0 Å². The van der Waals surface area contributed by atoms with E-state index in [1.54, 1.807) is 0 Å². The molecule has 0 amide bonds. The summed E-state index contributed by atoms with van der Waals surface area (Å²) < 4.78 is 37.2. The van der Waals surface area contributed by atoms with Crippen LogP contribution in [0.25, 0.3) is 0 Å². The number of rotatable bonds is 2. The van der Waals surface area contributed by atoms with Gasteiger partial charge in [0.1, 0.15) is 0 Å². The molecule has 0 saturated carbocycles. The van der Waals surface area contributed by atoms with Gasteiger partial charge in [0.2, 0.25) is 5.82 Å². The van der Waals surface area contributed by atoms with Crippen molar-refractivity contribution in [2.75, 3.05) is 6.54 Å². The standard InChI is InChI=1S/C6H9F3N4/c1-13-5(6(7,8)9)11-4(12-13)2-3-10/h2-3,10H2,1H3. The van der Waals surface area contributed by atoms with Gasteiger partial charge in [-0.1, -0.05) is 0 Å². The van der Waals surface area contributed by atoms with E-state index in [0.717, 1.165) is 0 Å². The largest absolute Gasteiger partial charge is 0.451 e. The minimum atomic E-state index is -4.45. The highest BCUT2D eigenvalue weighted by Gasteiger charge is 2.36. The Morgan fingerprint density at radius 2 is 2.08 bits per heavy atom. The van der Waals surface area contributed by atoms with E-state index >= 15 is 0 Å². The lowest BCUT2D eigenvalue weighted by molar-refractivity contribution is -0.147. The van der Waals surface area contributed by atoms with Crippen LogP contribution < -0.4 is 5.73 Å². The number of alkyl halides is 3. The average Bonchev–Trinajstić information content (AvgIpc) is 2.30. The van der Waals surface area contributed by atoms with Gasteiger partial charge in [-0.05, 0) is 6.54 Å². The monoisotopic (exact) mass is 194 g/mol. The highest BCUT2D eigenvalue weighted by molar-refractivity contribution is 4.96. The molecule has 0 bridgehead atoms. The molecule has 0 aromatic carbocycles. The maximum absolute atomic E-state index is 12.1. The smallest absolute Gasteiger partial charge is 0.330 e. The third-order valence-corrected chi connectivity index (χ3v) is 1.43. The lowest BCUT2D eigenvalue weighted by Gasteiger charge is -2.02. The fourth-order valence-corrected chi connectivity index (χ4v) is 0.919. The van der Waals surface area contributed by atoms with Crippen molar-refractivity contribution < 1.29 is 13.2 Å². The fourth-order valence-electron chi connectivity index (χ4n) is 0.919. The van der Waals surface area contributed by atoms with Crippen LogP contribution in [0.2, 0.25) is 0 Å². The minimum Gasteiger partial charge on any atom is -0.330 e. The fraction of sp³-hybridized carbons (Fsp3) is 0.667. The van der Waals surface area contributed by atoms with Crippen LogP contribution in [0.15, 0.2) is 0 Å². The van der Waals surface area contributed by atoms with Gasteiger partial charge < -0.3 is 5.73 Å². The lowest BCUT2D eigenvalue weighted by atomic mass is 10.4. The second-order valence-corrected chi connectivity index (χ2v) is 2.51. The van der Waals surface area contributed by atoms with Gasteiger partial charge in [-0.15, -0.1) is 0 Å². The normalized spacial score (nSPS) is 12.1. The topological polar surface area (TPSA) is 56.7 Å². The number of hydrogen-bond acceptors (Lipinski definition) is 3. The van der Waals surface area contributed by atoms with Gasteiger partial charge in [0.25, 0.3) is 0 Å². The molecule has 1 aromatic rings. The van der Waals surface area contributed by atoms with Gasteiger partial charge >= 0.3 is 6.18 Å². The summed E-state index contributed by atoms with van der Waals surface area (Å²) >= 11 is 0. The molecule has 0 saturated heterocycles. The first-order chi connectivity index (χ1) is 5.95. The Kier molecular flexibility index (Phi) is 2.55. The van der Waals surface area contributed by atoms with Crippen molar-refractivity contribution in [3.8, 4) is 0 Å². The summed E-state index contributed by atoms with van der Waals surface area (Å²) in [6.07, 6.45) is -4.20. The van der Waals surface area contributed by atoms with Gasteiger partial charge in [0.05, 0.1) is 0 Å². The van der Waals surface area contributed by atoms with Crippen molar-refractivity contribution >= 4 is 0 Å². The van der Waals surface area contributed by atoms with E-state index < -0.39 is 12.0 Å². The third kappa shape index (κ3) is 2.18. The van der Waals surface area contributed by atoms with Crippen molar-refractivity contribution in [1.29, 1.82) is 0 Å². The molecule has 1 rings (SSSR count). The Hall–Kier alpha value is -1.11. The Bertz CT molecular complexity index is 291. The van der Waals surface area contributed by atoms with Gasteiger partial charge in [0, 0.05) is 13.5 Å². The van der Waals surface area contributed by atoms with E-state index in [-0.39, 0.29) is 18.8 Å². The first-order valence-electron chi connectivity index (χ1n) is 3.62. The number of nitrogens with zero attached hydrogens (tertiary/aromatic N) is 3. The SMILES string of the molecule is Cn1nc(CCN)nc1C(F)(F)F. The van der Waals surface area contributed by atoms with Crippen LogP contribution in [0.4, 0.5) is 13.2 Å². The Balaban J connectivity index is 2.96. The number of halogens is 3. The van der Waals surface area contributed by atoms with Crippen LogP contribution in [-0.4, -0.2) is 21.3 Å². The predicted molar refractivity (Wildman–Crippen MR) is 38.8 cm³/mol. The lowest BCUT2D eigenvalue weighted by Crippen LogP contribution is -2.13. The first kappa shape index (κ1) is 9.97. The molecule has 4 nitrogen and oxygen atoms in total. The van der Waals surface area contributed by atoms with Crippen molar-refractivity contribution in [2.45, 2.75) is 12.6 Å². The molecule has 0 fully saturated rings. The summed E-state index contributed by atoms with van der Waals surface area (Å²) in [5.41, 5.74) is 5.16. The molecule has 0 atom stereocenters. The summed E-state index contributed by atoms with van der Waals surface area (Å²) in [6.45, 7) is 0.237. The molecule has 0 aliphatic carbocycles. The molecule has 1 aromatic heterocycles. The van der Waals surface area contributed by atoms with Crippen molar-refractivity contribution in [3.63, 3.8) is 0 Å². The Labute approximate surface area is 72.6 Å². The molecular weight excluding hydrogens is 185 g/mol. The molecule has 2 N–H and O–H groups in total. The molecular formula is C6H9F3N4. The highest BCUT2D eigenvalue weighted by atomic mass is 19.4. The zero-order valence-corrected chi connectivity index (χ0v) is 6.97. The quantitative estimate of drug-likeness (QED) is 0.738. The van der Waals surface area contributed by atoms with E-state index in [0.29, 0.717) is 4.68 Å². The summed E-state index contributed by atoms with van der Waals surface area (Å²) in [5.74, 6) is -0.867. The Morgan fingerprint density at radius 1 is 1.46 bits per heavy atom. The van der Waals surface area contributed by atoms with E-state index in [1.165, 1.54) is 7.05 Å². The van der Waals surface area contributed by atoms with Gasteiger partial charge in [0.15, 0.2) is 5.82 Å². The summed E-state index contributed by atoms with van der Waals surface area (Å²) in [7, 11) is 1.20. The summed E-state index contributed by atoms with van der Waals surface area (Å²) in [6, 6.07) is 0. The van der Waals surface area contributed by atoms with Crippen LogP contribution in [-0.2, 0) is 19.6 Å². The highest BCUT2D eigenvalue weighted by Crippen LogP contribution is 2.26. The second kappa shape index (κ2) is 3.33. The molecule has 0 aliphatic rings. The van der Waals surface area contributed by atoms with Crippen molar-refractivity contribution in [2.24, 2.45) is 12.8 Å². The van der Waals surface area contributed by atoms with Crippen LogP contribution in [0.5, 0.6) is 0 Å². The predicted octanol–water partition coefficient (Wildman–Crippen LogP) is 0.335. The zero-order valence-electron chi connectivity index (χ0n) is 6.97. The van der Waals surface area contributed by atoms with Crippen LogP contribution in [0.3, 0.4) is 0 Å². The molecule has 74 valence electrons. The van der Waals surface area contributed by atoms with Crippen LogP contribution >= 0.6 is 0 Å². The van der Waals surface area contributed by atoms with E-state index in [2.05, 4.69) is 10.1 Å². The van der Waals surface area contributed by atoms with Gasteiger partial charge in [-0.25, -0.2) is 9.67 Å².